The molecule has 0 saturated carbocycles. The molecule has 0 spiro atoms. The van der Waals surface area contributed by atoms with Crippen molar-refractivity contribution < 1.29 is 33.3 Å². The van der Waals surface area contributed by atoms with E-state index in [4.69, 9.17) is 23.7 Å². The van der Waals surface area contributed by atoms with Crippen LogP contribution in [0.5, 0.6) is 0 Å². The Balaban J connectivity index is 4.53. The predicted molar refractivity (Wildman–Crippen MR) is 130 cm³/mol. The van der Waals surface area contributed by atoms with Crippen LogP contribution in [0.3, 0.4) is 0 Å². The van der Waals surface area contributed by atoms with Gasteiger partial charge in [-0.15, -0.1) is 0 Å². The number of hydrogen-bond donors (Lipinski definition) is 0. The largest absolute Gasteiger partial charge is 0.458 e. The smallest absolute Gasteiger partial charge is 0.332 e. The highest BCUT2D eigenvalue weighted by molar-refractivity contribution is 5.73. The first kappa shape index (κ1) is 31.8. The van der Waals surface area contributed by atoms with Crippen molar-refractivity contribution in [3.05, 3.63) is 0 Å². The van der Waals surface area contributed by atoms with Crippen molar-refractivity contribution >= 4 is 11.9 Å². The number of carbonyl (C=O) groups is 2. The zero-order chi connectivity index (χ0) is 25.8. The van der Waals surface area contributed by atoms with Gasteiger partial charge in [-0.3, -0.25) is 0 Å². The quantitative estimate of drug-likeness (QED) is 0.239. The number of ether oxygens (including phenoxy) is 5. The first-order valence-corrected chi connectivity index (χ1v) is 12.5. The maximum Gasteiger partial charge on any atom is 0.332 e. The molecule has 0 radical (unpaired) electrons. The van der Waals surface area contributed by atoms with Gasteiger partial charge in [0.05, 0.1) is 24.4 Å². The fraction of sp³-hybridized carbons (Fsp3) is 0.923. The predicted octanol–water partition coefficient (Wildman–Crippen LogP) is 5.62. The summed E-state index contributed by atoms with van der Waals surface area (Å²) in [5.41, 5.74) is -1.84. The fourth-order valence-electron chi connectivity index (χ4n) is 2.76. The van der Waals surface area contributed by atoms with Gasteiger partial charge >= 0.3 is 11.9 Å². The number of hydrogen-bond acceptors (Lipinski definition) is 7. The maximum atomic E-state index is 12.3. The van der Waals surface area contributed by atoms with Crippen molar-refractivity contribution in [1.29, 1.82) is 0 Å². The van der Waals surface area contributed by atoms with Gasteiger partial charge in [0.15, 0.2) is 0 Å². The van der Waals surface area contributed by atoms with Gasteiger partial charge in [-0.2, -0.15) is 0 Å². The molecule has 0 aliphatic carbocycles. The lowest BCUT2D eigenvalue weighted by atomic mass is 9.98. The Hall–Kier alpha value is -1.18. The van der Waals surface area contributed by atoms with E-state index in [2.05, 4.69) is 27.7 Å². The third-order valence-electron chi connectivity index (χ3n) is 6.85. The molecule has 0 heterocycles. The Morgan fingerprint density at radius 1 is 0.606 bits per heavy atom. The number of rotatable bonds is 18. The normalized spacial score (nSPS) is 16.1. The molecule has 196 valence electrons. The van der Waals surface area contributed by atoms with E-state index in [-0.39, 0.29) is 24.4 Å². The van der Waals surface area contributed by atoms with Crippen LogP contribution in [0.15, 0.2) is 0 Å². The zero-order valence-electron chi connectivity index (χ0n) is 22.9. The van der Waals surface area contributed by atoms with Crippen LogP contribution in [0.4, 0.5) is 0 Å². The highest BCUT2D eigenvalue weighted by Crippen LogP contribution is 2.25. The maximum absolute atomic E-state index is 12.3. The van der Waals surface area contributed by atoms with Crippen molar-refractivity contribution in [2.75, 3.05) is 26.4 Å². The first-order valence-electron chi connectivity index (χ1n) is 12.5. The molecule has 0 bridgehead atoms. The highest BCUT2D eigenvalue weighted by Gasteiger charge is 2.32. The molecule has 0 saturated heterocycles. The fourth-order valence-corrected chi connectivity index (χ4v) is 2.76. The molecule has 0 fully saturated rings. The Morgan fingerprint density at radius 2 is 1.06 bits per heavy atom. The second-order valence-corrected chi connectivity index (χ2v) is 10.2. The standard InChI is InChI=1S/C26H50O7/c1-11-23(6,7)30-17-16-25(9,14-4)32-21(27)18-29-19-22(28)33-26(10,15-5)20-31-24(8,12-2)13-3/h11-20H2,1-10H3. The van der Waals surface area contributed by atoms with Gasteiger partial charge < -0.3 is 23.7 Å². The van der Waals surface area contributed by atoms with Crippen molar-refractivity contribution in [3.63, 3.8) is 0 Å². The SMILES string of the molecule is CCC(C)(C)OCCC(C)(CC)OC(=O)COCC(=O)OC(C)(CC)COC(C)(CC)CC. The van der Waals surface area contributed by atoms with Crippen LogP contribution in [-0.4, -0.2) is 60.8 Å². The molecule has 0 aliphatic heterocycles. The summed E-state index contributed by atoms with van der Waals surface area (Å²) in [6.45, 7) is 20.2. The van der Waals surface area contributed by atoms with Gasteiger partial charge in [-0.25, -0.2) is 9.59 Å². The molecular formula is C26H50O7. The van der Waals surface area contributed by atoms with Crippen LogP contribution in [-0.2, 0) is 33.3 Å². The monoisotopic (exact) mass is 474 g/mol. The third-order valence-corrected chi connectivity index (χ3v) is 6.85. The van der Waals surface area contributed by atoms with Crippen molar-refractivity contribution in [2.24, 2.45) is 0 Å². The van der Waals surface area contributed by atoms with Gasteiger partial charge in [0.2, 0.25) is 0 Å². The summed E-state index contributed by atoms with van der Waals surface area (Å²) in [4.78, 5) is 24.6. The van der Waals surface area contributed by atoms with Crippen LogP contribution in [0.1, 0.15) is 108 Å². The summed E-state index contributed by atoms with van der Waals surface area (Å²) >= 11 is 0. The van der Waals surface area contributed by atoms with E-state index in [0.29, 0.717) is 32.5 Å². The third kappa shape index (κ3) is 12.7. The van der Waals surface area contributed by atoms with Gasteiger partial charge in [0.25, 0.3) is 0 Å². The van der Waals surface area contributed by atoms with E-state index in [1.807, 2.05) is 41.5 Å². The lowest BCUT2D eigenvalue weighted by Gasteiger charge is -2.34. The van der Waals surface area contributed by atoms with Crippen LogP contribution in [0, 0.1) is 0 Å². The van der Waals surface area contributed by atoms with E-state index in [9.17, 15) is 9.59 Å². The Kier molecular flexibility index (Phi) is 13.8. The summed E-state index contributed by atoms with van der Waals surface area (Å²) < 4.78 is 28.5. The minimum atomic E-state index is -0.750. The molecule has 0 amide bonds. The second-order valence-electron chi connectivity index (χ2n) is 10.2. The van der Waals surface area contributed by atoms with Crippen LogP contribution in [0.2, 0.25) is 0 Å². The molecule has 7 nitrogen and oxygen atoms in total. The van der Waals surface area contributed by atoms with Crippen molar-refractivity contribution in [2.45, 2.75) is 130 Å². The van der Waals surface area contributed by atoms with Crippen molar-refractivity contribution in [1.82, 2.24) is 0 Å². The molecule has 0 N–H and O–H groups in total. The molecule has 0 aromatic heterocycles. The molecule has 0 aromatic rings. The number of esters is 2. The summed E-state index contributed by atoms with van der Waals surface area (Å²) in [6, 6.07) is 0. The number of carbonyl (C=O) groups excluding carboxylic acids is 2. The van der Waals surface area contributed by atoms with Gasteiger partial charge in [0, 0.05) is 6.42 Å². The Bertz CT molecular complexity index is 585. The van der Waals surface area contributed by atoms with E-state index in [1.54, 1.807) is 0 Å². The van der Waals surface area contributed by atoms with Crippen molar-refractivity contribution in [3.8, 4) is 0 Å². The van der Waals surface area contributed by atoms with Gasteiger partial charge in [0.1, 0.15) is 24.4 Å². The molecular weight excluding hydrogens is 424 g/mol. The zero-order valence-corrected chi connectivity index (χ0v) is 22.9. The molecule has 0 rings (SSSR count). The van der Waals surface area contributed by atoms with E-state index in [0.717, 1.165) is 19.3 Å². The molecule has 2 atom stereocenters. The minimum Gasteiger partial charge on any atom is -0.458 e. The molecule has 0 aromatic carbocycles. The first-order chi connectivity index (χ1) is 15.2. The average Bonchev–Trinajstić information content (AvgIpc) is 2.77. The van der Waals surface area contributed by atoms with E-state index >= 15 is 0 Å². The summed E-state index contributed by atoms with van der Waals surface area (Å²) in [6.07, 6.45) is 4.50. The van der Waals surface area contributed by atoms with Crippen LogP contribution in [0.25, 0.3) is 0 Å². The topological polar surface area (TPSA) is 80.3 Å². The Labute approximate surface area is 202 Å². The van der Waals surface area contributed by atoms with Gasteiger partial charge in [-0.05, 0) is 66.7 Å². The van der Waals surface area contributed by atoms with E-state index < -0.39 is 23.1 Å². The average molecular weight is 475 g/mol. The lowest BCUT2D eigenvalue weighted by Crippen LogP contribution is -2.41. The van der Waals surface area contributed by atoms with Gasteiger partial charge in [-0.1, -0.05) is 34.6 Å². The highest BCUT2D eigenvalue weighted by atomic mass is 16.6. The second kappa shape index (κ2) is 14.3. The molecule has 33 heavy (non-hydrogen) atoms. The van der Waals surface area contributed by atoms with Crippen LogP contribution < -0.4 is 0 Å². The van der Waals surface area contributed by atoms with Crippen LogP contribution >= 0.6 is 0 Å². The summed E-state index contributed by atoms with van der Waals surface area (Å²) in [7, 11) is 0. The van der Waals surface area contributed by atoms with E-state index in [1.165, 1.54) is 0 Å². The molecule has 0 aliphatic rings. The molecule has 7 heteroatoms. The summed E-state index contributed by atoms with van der Waals surface area (Å²) in [5, 5.41) is 0. The lowest BCUT2D eigenvalue weighted by molar-refractivity contribution is -0.180. The minimum absolute atomic E-state index is 0.203. The summed E-state index contributed by atoms with van der Waals surface area (Å²) in [5.74, 6) is -1.04. The Morgan fingerprint density at radius 3 is 1.48 bits per heavy atom. The molecule has 2 unspecified atom stereocenters.